The number of hydrogen-bond donors (Lipinski definition) is 2. The summed E-state index contributed by atoms with van der Waals surface area (Å²) >= 11 is 0. The molecule has 25 heavy (non-hydrogen) atoms. The molecule has 0 aliphatic heterocycles. The first-order valence-corrected chi connectivity index (χ1v) is 9.66. The van der Waals surface area contributed by atoms with E-state index in [0.717, 1.165) is 51.7 Å². The summed E-state index contributed by atoms with van der Waals surface area (Å²) in [5, 5.41) is 20.0. The van der Waals surface area contributed by atoms with Crippen LogP contribution in [0.5, 0.6) is 0 Å². The van der Waals surface area contributed by atoms with Crippen molar-refractivity contribution in [3.05, 3.63) is 0 Å². The first-order valence-electron chi connectivity index (χ1n) is 9.66. The van der Waals surface area contributed by atoms with Crippen LogP contribution in [0.15, 0.2) is 0 Å². The van der Waals surface area contributed by atoms with Gasteiger partial charge in [0.15, 0.2) is 0 Å². The molecule has 0 bridgehead atoms. The number of aliphatic hydroxyl groups excluding tert-OH is 2. The van der Waals surface area contributed by atoms with Crippen molar-refractivity contribution in [2.24, 2.45) is 0 Å². The van der Waals surface area contributed by atoms with Gasteiger partial charge in [-0.05, 0) is 66.2 Å². The molecule has 2 atom stereocenters. The number of aliphatic hydroxyl groups is 2. The molecule has 152 valence electrons. The molecule has 0 heterocycles. The summed E-state index contributed by atoms with van der Waals surface area (Å²) in [6, 6.07) is 0. The van der Waals surface area contributed by atoms with Crippen LogP contribution >= 0.6 is 0 Å². The van der Waals surface area contributed by atoms with E-state index in [1.165, 1.54) is 0 Å². The predicted octanol–water partition coefficient (Wildman–Crippen LogP) is 3.70. The third kappa shape index (κ3) is 14.6. The third-order valence-corrected chi connectivity index (χ3v) is 4.71. The van der Waals surface area contributed by atoms with Gasteiger partial charge in [-0.1, -0.05) is 0 Å². The smallest absolute Gasteiger partial charge is 0.0647 e. The first kappa shape index (κ1) is 24.8. The van der Waals surface area contributed by atoms with Gasteiger partial charge in [0.25, 0.3) is 0 Å². The summed E-state index contributed by atoms with van der Waals surface area (Å²) in [5.74, 6) is 0. The molecule has 0 saturated carbocycles. The Balaban J connectivity index is 3.48. The van der Waals surface area contributed by atoms with E-state index in [-0.39, 0.29) is 23.4 Å². The van der Waals surface area contributed by atoms with Crippen LogP contribution in [-0.2, 0) is 14.2 Å². The van der Waals surface area contributed by atoms with Gasteiger partial charge in [0.05, 0.1) is 23.4 Å². The van der Waals surface area contributed by atoms with E-state index in [9.17, 15) is 10.2 Å². The molecule has 0 aromatic heterocycles. The Morgan fingerprint density at radius 3 is 1.36 bits per heavy atom. The molecule has 0 aliphatic rings. The molecule has 5 heteroatoms. The zero-order valence-electron chi connectivity index (χ0n) is 17.3. The maximum absolute atomic E-state index is 9.99. The zero-order chi connectivity index (χ0) is 19.3. The fourth-order valence-electron chi connectivity index (χ4n) is 2.78. The Hall–Kier alpha value is -0.200. The topological polar surface area (TPSA) is 68.2 Å². The van der Waals surface area contributed by atoms with Crippen molar-refractivity contribution in [3.8, 4) is 0 Å². The molecule has 2 N–H and O–H groups in total. The molecule has 0 aromatic carbocycles. The average Bonchev–Trinajstić information content (AvgIpc) is 2.52. The summed E-state index contributed by atoms with van der Waals surface area (Å²) in [7, 11) is 3.36. The van der Waals surface area contributed by atoms with Gasteiger partial charge in [0.2, 0.25) is 0 Å². The minimum absolute atomic E-state index is 0.265. The fourth-order valence-corrected chi connectivity index (χ4v) is 2.78. The molecule has 0 spiro atoms. The van der Waals surface area contributed by atoms with Crippen molar-refractivity contribution >= 4 is 0 Å². The molecule has 0 amide bonds. The Morgan fingerprint density at radius 1 is 0.680 bits per heavy atom. The Morgan fingerprint density at radius 2 is 1.04 bits per heavy atom. The minimum atomic E-state index is -0.312. The lowest BCUT2D eigenvalue weighted by Gasteiger charge is -2.25. The highest BCUT2D eigenvalue weighted by Crippen LogP contribution is 2.19. The van der Waals surface area contributed by atoms with Crippen molar-refractivity contribution in [2.45, 2.75) is 102 Å². The van der Waals surface area contributed by atoms with Crippen LogP contribution in [0.1, 0.15) is 79.1 Å². The van der Waals surface area contributed by atoms with Crippen LogP contribution in [0.25, 0.3) is 0 Å². The largest absolute Gasteiger partial charge is 0.393 e. The van der Waals surface area contributed by atoms with Crippen molar-refractivity contribution in [1.29, 1.82) is 0 Å². The normalized spacial score (nSPS) is 15.4. The summed E-state index contributed by atoms with van der Waals surface area (Å²) in [6.45, 7) is 9.44. The highest BCUT2D eigenvalue weighted by Gasteiger charge is 2.21. The summed E-state index contributed by atoms with van der Waals surface area (Å²) < 4.78 is 16.3. The predicted molar refractivity (Wildman–Crippen MR) is 102 cm³/mol. The lowest BCUT2D eigenvalue weighted by molar-refractivity contribution is -0.0219. The average molecular weight is 363 g/mol. The van der Waals surface area contributed by atoms with Gasteiger partial charge in [-0.2, -0.15) is 0 Å². The molecule has 0 rings (SSSR count). The molecule has 0 saturated heterocycles. The molecule has 0 aliphatic carbocycles. The number of rotatable bonds is 16. The second-order valence-electron chi connectivity index (χ2n) is 8.25. The molecule has 0 radical (unpaired) electrons. The Bertz CT molecular complexity index is 287. The van der Waals surface area contributed by atoms with Gasteiger partial charge in [0, 0.05) is 40.3 Å². The second kappa shape index (κ2) is 13.0. The molecule has 5 nitrogen and oxygen atoms in total. The quantitative estimate of drug-likeness (QED) is 0.410. The van der Waals surface area contributed by atoms with E-state index in [0.29, 0.717) is 12.8 Å². The van der Waals surface area contributed by atoms with E-state index >= 15 is 0 Å². The highest BCUT2D eigenvalue weighted by molar-refractivity contribution is 4.73. The van der Waals surface area contributed by atoms with Crippen LogP contribution in [0.2, 0.25) is 0 Å². The number of methoxy groups -OCH3 is 2. The van der Waals surface area contributed by atoms with E-state index in [1.807, 2.05) is 27.7 Å². The lowest BCUT2D eigenvalue weighted by Crippen LogP contribution is -2.28. The molecule has 2 unspecified atom stereocenters. The van der Waals surface area contributed by atoms with Crippen LogP contribution in [0, 0.1) is 0 Å². The van der Waals surface area contributed by atoms with Gasteiger partial charge in [0.1, 0.15) is 0 Å². The van der Waals surface area contributed by atoms with Gasteiger partial charge in [-0.25, -0.2) is 0 Å². The van der Waals surface area contributed by atoms with Crippen molar-refractivity contribution in [3.63, 3.8) is 0 Å². The van der Waals surface area contributed by atoms with Gasteiger partial charge < -0.3 is 24.4 Å². The third-order valence-electron chi connectivity index (χ3n) is 4.71. The highest BCUT2D eigenvalue weighted by atomic mass is 16.5. The number of hydrogen-bond acceptors (Lipinski definition) is 5. The monoisotopic (exact) mass is 362 g/mol. The van der Waals surface area contributed by atoms with Gasteiger partial charge >= 0.3 is 0 Å². The summed E-state index contributed by atoms with van der Waals surface area (Å²) in [4.78, 5) is 0. The van der Waals surface area contributed by atoms with Crippen LogP contribution in [0.3, 0.4) is 0 Å². The zero-order valence-corrected chi connectivity index (χ0v) is 17.3. The summed E-state index contributed by atoms with van der Waals surface area (Å²) in [6.07, 6.45) is 6.14. The Kier molecular flexibility index (Phi) is 12.9. The van der Waals surface area contributed by atoms with E-state index in [1.54, 1.807) is 14.2 Å². The number of ether oxygens (including phenoxy) is 3. The van der Waals surface area contributed by atoms with Crippen molar-refractivity contribution < 1.29 is 24.4 Å². The van der Waals surface area contributed by atoms with Gasteiger partial charge in [-0.15, -0.1) is 0 Å². The summed E-state index contributed by atoms with van der Waals surface area (Å²) in [5.41, 5.74) is -0.530. The SMILES string of the molecule is COC(C)(C)CC(O)CCCCOCCCCC(O)CC(C)(C)OC. The maximum atomic E-state index is 9.99. The van der Waals surface area contributed by atoms with E-state index in [2.05, 4.69) is 0 Å². The van der Waals surface area contributed by atoms with Crippen LogP contribution in [-0.4, -0.2) is 61.1 Å². The first-order chi connectivity index (χ1) is 11.6. The fraction of sp³-hybridized carbons (Fsp3) is 1.00. The number of unbranched alkanes of at least 4 members (excludes halogenated alkanes) is 2. The maximum Gasteiger partial charge on any atom is 0.0647 e. The van der Waals surface area contributed by atoms with E-state index in [4.69, 9.17) is 14.2 Å². The lowest BCUT2D eigenvalue weighted by atomic mass is 9.97. The van der Waals surface area contributed by atoms with Gasteiger partial charge in [-0.3, -0.25) is 0 Å². The Labute approximate surface area is 155 Å². The van der Waals surface area contributed by atoms with Crippen LogP contribution < -0.4 is 0 Å². The van der Waals surface area contributed by atoms with Crippen LogP contribution in [0.4, 0.5) is 0 Å². The van der Waals surface area contributed by atoms with E-state index < -0.39 is 0 Å². The standard InChI is InChI=1S/C20H42O5/c1-19(2,23-5)15-17(21)11-7-9-13-25-14-10-8-12-18(22)16-20(3,4)24-6/h17-18,21-22H,7-16H2,1-6H3. The minimum Gasteiger partial charge on any atom is -0.393 e. The van der Waals surface area contributed by atoms with Crippen molar-refractivity contribution in [2.75, 3.05) is 27.4 Å². The molecule has 0 aromatic rings. The molecular formula is C20H42O5. The molecule has 0 fully saturated rings. The second-order valence-corrected chi connectivity index (χ2v) is 8.25. The van der Waals surface area contributed by atoms with Crippen molar-refractivity contribution in [1.82, 2.24) is 0 Å². The molecular weight excluding hydrogens is 320 g/mol.